The number of amides is 1. The summed E-state index contributed by atoms with van der Waals surface area (Å²) < 4.78 is 5.45. The second-order valence-corrected chi connectivity index (χ2v) is 7.26. The van der Waals surface area contributed by atoms with E-state index in [0.717, 1.165) is 43.2 Å². The minimum Gasteiger partial charge on any atom is -0.378 e. The van der Waals surface area contributed by atoms with Crippen LogP contribution in [0.2, 0.25) is 0 Å². The summed E-state index contributed by atoms with van der Waals surface area (Å²) >= 11 is 0. The number of benzene rings is 1. The first-order valence-electron chi connectivity index (χ1n) is 10.1. The number of carbonyl (C=O) groups is 1. The third-order valence-electron chi connectivity index (χ3n) is 4.92. The maximum Gasteiger partial charge on any atom is 0.253 e. The lowest BCUT2D eigenvalue weighted by Crippen LogP contribution is -2.39. The topological polar surface area (TPSA) is 82.1 Å². The largest absolute Gasteiger partial charge is 0.378 e. The van der Waals surface area contributed by atoms with Crippen LogP contribution in [0.5, 0.6) is 0 Å². The van der Waals surface area contributed by atoms with E-state index in [1.807, 2.05) is 36.5 Å². The summed E-state index contributed by atoms with van der Waals surface area (Å²) in [7, 11) is 5.25. The lowest BCUT2D eigenvalue weighted by molar-refractivity contribution is 0.0827. The van der Waals surface area contributed by atoms with Gasteiger partial charge in [-0.1, -0.05) is 18.2 Å². The standard InChI is InChI=1S/C22H30N6O2/c1-23-22(25-15-17-6-8-18(9-7-17)21(29)27(2)3)26-16-19-5-4-10-24-20(19)28-11-13-30-14-12-28/h4-10H,11-16H2,1-3H3,(H2,23,25,26). The van der Waals surface area contributed by atoms with Crippen molar-refractivity contribution < 1.29 is 9.53 Å². The number of rotatable bonds is 6. The van der Waals surface area contributed by atoms with Gasteiger partial charge in [0.2, 0.25) is 0 Å². The SMILES string of the molecule is CN=C(NCc1ccc(C(=O)N(C)C)cc1)NCc1cccnc1N1CCOCC1. The van der Waals surface area contributed by atoms with Crippen molar-refractivity contribution in [3.05, 3.63) is 59.3 Å². The van der Waals surface area contributed by atoms with E-state index in [-0.39, 0.29) is 5.91 Å². The molecule has 0 spiro atoms. The van der Waals surface area contributed by atoms with Crippen molar-refractivity contribution in [3.8, 4) is 0 Å². The zero-order valence-electron chi connectivity index (χ0n) is 17.9. The van der Waals surface area contributed by atoms with Gasteiger partial charge >= 0.3 is 0 Å². The minimum absolute atomic E-state index is 0.000437. The molecule has 160 valence electrons. The van der Waals surface area contributed by atoms with Crippen LogP contribution in [0.1, 0.15) is 21.5 Å². The van der Waals surface area contributed by atoms with Gasteiger partial charge in [-0.05, 0) is 23.8 Å². The number of morpholine rings is 1. The first kappa shape index (κ1) is 21.6. The molecule has 2 aromatic rings. The molecule has 1 amide bonds. The van der Waals surface area contributed by atoms with Crippen LogP contribution in [0.25, 0.3) is 0 Å². The number of anilines is 1. The maximum absolute atomic E-state index is 12.0. The first-order chi connectivity index (χ1) is 14.6. The van der Waals surface area contributed by atoms with Gasteiger partial charge in [0.15, 0.2) is 5.96 Å². The molecule has 0 aliphatic carbocycles. The van der Waals surface area contributed by atoms with E-state index in [0.29, 0.717) is 24.6 Å². The lowest BCUT2D eigenvalue weighted by Gasteiger charge is -2.29. The molecule has 0 bridgehead atoms. The number of guanidine groups is 1. The third kappa shape index (κ3) is 5.70. The molecule has 1 aromatic heterocycles. The molecule has 0 saturated carbocycles. The summed E-state index contributed by atoms with van der Waals surface area (Å²) in [4.78, 5) is 24.7. The van der Waals surface area contributed by atoms with Crippen molar-refractivity contribution in [3.63, 3.8) is 0 Å². The molecule has 0 atom stereocenters. The summed E-state index contributed by atoms with van der Waals surface area (Å²) in [5, 5.41) is 6.68. The Labute approximate surface area is 178 Å². The Kier molecular flexibility index (Phi) is 7.62. The van der Waals surface area contributed by atoms with Crippen molar-refractivity contribution in [2.24, 2.45) is 4.99 Å². The van der Waals surface area contributed by atoms with E-state index >= 15 is 0 Å². The van der Waals surface area contributed by atoms with Gasteiger partial charge in [0.1, 0.15) is 5.82 Å². The van der Waals surface area contributed by atoms with Crippen molar-refractivity contribution in [1.82, 2.24) is 20.5 Å². The molecule has 3 rings (SSSR count). The summed E-state index contributed by atoms with van der Waals surface area (Å²) in [6, 6.07) is 11.6. The minimum atomic E-state index is -0.000437. The van der Waals surface area contributed by atoms with Crippen LogP contribution in [0.3, 0.4) is 0 Å². The number of ether oxygens (including phenoxy) is 1. The highest BCUT2D eigenvalue weighted by molar-refractivity contribution is 5.93. The molecule has 2 N–H and O–H groups in total. The van der Waals surface area contributed by atoms with Crippen LogP contribution in [-0.4, -0.2) is 69.2 Å². The Bertz CT molecular complexity index is 860. The van der Waals surface area contributed by atoms with Gasteiger partial charge in [0.25, 0.3) is 5.91 Å². The second kappa shape index (κ2) is 10.6. The maximum atomic E-state index is 12.0. The fourth-order valence-corrected chi connectivity index (χ4v) is 3.24. The summed E-state index contributed by atoms with van der Waals surface area (Å²) in [6.45, 7) is 4.39. The summed E-state index contributed by atoms with van der Waals surface area (Å²) in [5.74, 6) is 1.70. The molecule has 8 nitrogen and oxygen atoms in total. The number of aliphatic imine (C=N–C) groups is 1. The third-order valence-corrected chi connectivity index (χ3v) is 4.92. The number of nitrogens with zero attached hydrogens (tertiary/aromatic N) is 4. The van der Waals surface area contributed by atoms with Crippen molar-refractivity contribution in [1.29, 1.82) is 0 Å². The molecule has 1 aliphatic rings. The lowest BCUT2D eigenvalue weighted by atomic mass is 10.1. The van der Waals surface area contributed by atoms with Crippen LogP contribution in [-0.2, 0) is 17.8 Å². The Morgan fingerprint density at radius 2 is 1.83 bits per heavy atom. The van der Waals surface area contributed by atoms with Gasteiger partial charge in [0, 0.05) is 64.6 Å². The molecule has 1 fully saturated rings. The van der Waals surface area contributed by atoms with Gasteiger partial charge in [-0.2, -0.15) is 0 Å². The van der Waals surface area contributed by atoms with Crippen LogP contribution in [0.15, 0.2) is 47.6 Å². The van der Waals surface area contributed by atoms with Crippen molar-refractivity contribution >= 4 is 17.7 Å². The molecule has 1 saturated heterocycles. The van der Waals surface area contributed by atoms with E-state index in [1.165, 1.54) is 0 Å². The van der Waals surface area contributed by atoms with E-state index in [1.54, 1.807) is 26.0 Å². The normalized spacial score (nSPS) is 14.4. The van der Waals surface area contributed by atoms with Gasteiger partial charge in [-0.3, -0.25) is 9.79 Å². The average Bonchev–Trinajstić information content (AvgIpc) is 2.80. The molecular weight excluding hydrogens is 380 g/mol. The molecule has 30 heavy (non-hydrogen) atoms. The van der Waals surface area contributed by atoms with Crippen LogP contribution in [0, 0.1) is 0 Å². The van der Waals surface area contributed by atoms with Gasteiger partial charge in [-0.15, -0.1) is 0 Å². The predicted octanol–water partition coefficient (Wildman–Crippen LogP) is 1.49. The molecule has 8 heteroatoms. The van der Waals surface area contributed by atoms with E-state index in [2.05, 4.69) is 31.6 Å². The highest BCUT2D eigenvalue weighted by atomic mass is 16.5. The summed E-state index contributed by atoms with van der Waals surface area (Å²) in [5.41, 5.74) is 2.87. The molecule has 2 heterocycles. The number of hydrogen-bond acceptors (Lipinski definition) is 5. The fourth-order valence-electron chi connectivity index (χ4n) is 3.24. The fraction of sp³-hybridized carbons (Fsp3) is 0.409. The van der Waals surface area contributed by atoms with Crippen LogP contribution < -0.4 is 15.5 Å². The highest BCUT2D eigenvalue weighted by Crippen LogP contribution is 2.18. The van der Waals surface area contributed by atoms with Crippen molar-refractivity contribution in [2.75, 3.05) is 52.3 Å². The Morgan fingerprint density at radius 1 is 1.13 bits per heavy atom. The zero-order valence-corrected chi connectivity index (χ0v) is 17.9. The monoisotopic (exact) mass is 410 g/mol. The average molecular weight is 411 g/mol. The first-order valence-corrected chi connectivity index (χ1v) is 10.1. The van der Waals surface area contributed by atoms with E-state index < -0.39 is 0 Å². The van der Waals surface area contributed by atoms with Crippen molar-refractivity contribution in [2.45, 2.75) is 13.1 Å². The smallest absolute Gasteiger partial charge is 0.253 e. The Morgan fingerprint density at radius 3 is 2.50 bits per heavy atom. The highest BCUT2D eigenvalue weighted by Gasteiger charge is 2.16. The second-order valence-electron chi connectivity index (χ2n) is 7.26. The van der Waals surface area contributed by atoms with Gasteiger partial charge in [-0.25, -0.2) is 4.98 Å². The molecule has 0 radical (unpaired) electrons. The van der Waals surface area contributed by atoms with Gasteiger partial charge in [0.05, 0.1) is 13.2 Å². The van der Waals surface area contributed by atoms with E-state index in [4.69, 9.17) is 4.74 Å². The number of aromatic nitrogens is 1. The van der Waals surface area contributed by atoms with Crippen LogP contribution in [0.4, 0.5) is 5.82 Å². The number of pyridine rings is 1. The zero-order chi connectivity index (χ0) is 21.3. The number of hydrogen-bond donors (Lipinski definition) is 2. The summed E-state index contributed by atoms with van der Waals surface area (Å²) in [6.07, 6.45) is 1.83. The molecule has 1 aromatic carbocycles. The Hall–Kier alpha value is -3.13. The van der Waals surface area contributed by atoms with E-state index in [9.17, 15) is 4.79 Å². The predicted molar refractivity (Wildman–Crippen MR) is 119 cm³/mol. The number of nitrogens with one attached hydrogen (secondary N) is 2. The molecule has 0 unspecified atom stereocenters. The molecule has 1 aliphatic heterocycles. The molecular formula is C22H30N6O2. The van der Waals surface area contributed by atoms with Gasteiger partial charge < -0.3 is 25.2 Å². The Balaban J connectivity index is 1.55. The van der Waals surface area contributed by atoms with Crippen LogP contribution >= 0.6 is 0 Å². The number of carbonyl (C=O) groups excluding carboxylic acids is 1. The quantitative estimate of drug-likeness (QED) is 0.555.